The molecule has 1 aliphatic carbocycles. The van der Waals surface area contributed by atoms with Gasteiger partial charge in [0.25, 0.3) is 0 Å². The molecule has 2 atom stereocenters. The minimum atomic E-state index is -0.0300. The fourth-order valence-electron chi connectivity index (χ4n) is 2.89. The molecule has 116 valence electrons. The first kappa shape index (κ1) is 14.6. The van der Waals surface area contributed by atoms with Gasteiger partial charge in [-0.25, -0.2) is 0 Å². The predicted octanol–water partition coefficient (Wildman–Crippen LogP) is 4.21. The van der Waals surface area contributed by atoms with Crippen LogP contribution in [0.2, 0.25) is 0 Å². The molecule has 23 heavy (non-hydrogen) atoms. The Kier molecular flexibility index (Phi) is 3.97. The third-order valence-electron chi connectivity index (χ3n) is 4.18. The first-order valence-electron chi connectivity index (χ1n) is 7.60. The third kappa shape index (κ3) is 3.07. The van der Waals surface area contributed by atoms with Crippen molar-refractivity contribution >= 4 is 28.6 Å². The maximum atomic E-state index is 12.7. The van der Waals surface area contributed by atoms with Gasteiger partial charge in [-0.3, -0.25) is 9.78 Å². The average molecular weight is 340 g/mol. The molecule has 1 saturated carbocycles. The summed E-state index contributed by atoms with van der Waals surface area (Å²) in [5.41, 5.74) is 1.16. The van der Waals surface area contributed by atoms with Crippen LogP contribution in [0.5, 0.6) is 0 Å². The van der Waals surface area contributed by atoms with E-state index in [1.165, 1.54) is 9.75 Å². The van der Waals surface area contributed by atoms with Crippen LogP contribution >= 0.6 is 22.7 Å². The minimum Gasteiger partial charge on any atom is -0.343 e. The van der Waals surface area contributed by atoms with Crippen molar-refractivity contribution in [3.63, 3.8) is 0 Å². The molecule has 3 aromatic rings. The topological polar surface area (TPSA) is 42.0 Å². The monoisotopic (exact) mass is 340 g/mol. The SMILES string of the molecule is O=C(NC(c1cccs1)c1cccs1)[C@@H]1C[C@H]1c1cccnc1. The van der Waals surface area contributed by atoms with Crippen LogP contribution in [0.4, 0.5) is 0 Å². The van der Waals surface area contributed by atoms with Gasteiger partial charge in [-0.15, -0.1) is 22.7 Å². The molecular weight excluding hydrogens is 324 g/mol. The molecule has 1 fully saturated rings. The maximum absolute atomic E-state index is 12.7. The lowest BCUT2D eigenvalue weighted by molar-refractivity contribution is -0.122. The quantitative estimate of drug-likeness (QED) is 0.756. The Bertz CT molecular complexity index is 734. The standard InChI is InChI=1S/C18H16N2OS2/c21-18(14-10-13(14)12-4-1-7-19-11-12)20-17(15-5-2-8-22-15)16-6-3-9-23-16/h1-9,11,13-14,17H,10H2,(H,20,21)/t13-,14+/m0/s1. The van der Waals surface area contributed by atoms with E-state index in [9.17, 15) is 4.79 Å². The number of aromatic nitrogens is 1. The Hall–Kier alpha value is -1.98. The molecule has 0 bridgehead atoms. The number of nitrogens with zero attached hydrogens (tertiary/aromatic N) is 1. The number of rotatable bonds is 5. The van der Waals surface area contributed by atoms with Crippen molar-refractivity contribution < 1.29 is 4.79 Å². The largest absolute Gasteiger partial charge is 0.343 e. The Labute approximate surface area is 143 Å². The van der Waals surface area contributed by atoms with Crippen LogP contribution in [0.15, 0.2) is 59.6 Å². The predicted molar refractivity (Wildman–Crippen MR) is 93.7 cm³/mol. The third-order valence-corrected chi connectivity index (χ3v) is 6.06. The molecule has 0 unspecified atom stereocenters. The van der Waals surface area contributed by atoms with E-state index >= 15 is 0 Å². The lowest BCUT2D eigenvalue weighted by Gasteiger charge is -2.16. The molecule has 0 saturated heterocycles. The molecule has 3 heterocycles. The zero-order chi connectivity index (χ0) is 15.6. The van der Waals surface area contributed by atoms with Gasteiger partial charge in [0.1, 0.15) is 0 Å². The second-order valence-corrected chi connectivity index (χ2v) is 7.67. The number of hydrogen-bond donors (Lipinski definition) is 1. The molecule has 1 N–H and O–H groups in total. The van der Waals surface area contributed by atoms with Gasteiger partial charge in [-0.2, -0.15) is 0 Å². The number of hydrogen-bond acceptors (Lipinski definition) is 4. The lowest BCUT2D eigenvalue weighted by Crippen LogP contribution is -2.30. The zero-order valence-corrected chi connectivity index (χ0v) is 14.0. The van der Waals surface area contributed by atoms with Crippen molar-refractivity contribution in [3.8, 4) is 0 Å². The van der Waals surface area contributed by atoms with Crippen LogP contribution in [0.1, 0.15) is 33.7 Å². The van der Waals surface area contributed by atoms with E-state index in [-0.39, 0.29) is 17.9 Å². The van der Waals surface area contributed by atoms with Crippen molar-refractivity contribution in [2.45, 2.75) is 18.4 Å². The molecule has 0 spiro atoms. The van der Waals surface area contributed by atoms with Crippen molar-refractivity contribution in [2.75, 3.05) is 0 Å². The fourth-order valence-corrected chi connectivity index (χ4v) is 4.55. The second kappa shape index (κ2) is 6.26. The summed E-state index contributed by atoms with van der Waals surface area (Å²) in [4.78, 5) is 19.2. The Morgan fingerprint density at radius 2 is 1.87 bits per heavy atom. The van der Waals surface area contributed by atoms with Crippen molar-refractivity contribution in [2.24, 2.45) is 5.92 Å². The van der Waals surface area contributed by atoms with Crippen molar-refractivity contribution in [1.29, 1.82) is 0 Å². The summed E-state index contributed by atoms with van der Waals surface area (Å²) < 4.78 is 0. The number of carbonyl (C=O) groups excluding carboxylic acids is 1. The van der Waals surface area contributed by atoms with E-state index in [4.69, 9.17) is 0 Å². The normalized spacial score (nSPS) is 19.7. The Morgan fingerprint density at radius 1 is 1.13 bits per heavy atom. The Morgan fingerprint density at radius 3 is 2.43 bits per heavy atom. The maximum Gasteiger partial charge on any atom is 0.224 e. The molecular formula is C18H16N2OS2. The van der Waals surface area contributed by atoms with E-state index in [1.807, 2.05) is 24.4 Å². The van der Waals surface area contributed by atoms with Gasteiger partial charge in [0.15, 0.2) is 0 Å². The molecule has 0 radical (unpaired) electrons. The molecule has 0 aliphatic heterocycles. The first-order valence-corrected chi connectivity index (χ1v) is 9.36. The van der Waals surface area contributed by atoms with Gasteiger partial charge in [-0.05, 0) is 46.9 Å². The van der Waals surface area contributed by atoms with Gasteiger partial charge in [0.2, 0.25) is 5.91 Å². The molecule has 3 aromatic heterocycles. The van der Waals surface area contributed by atoms with Crippen molar-refractivity contribution in [1.82, 2.24) is 10.3 Å². The summed E-state index contributed by atoms with van der Waals surface area (Å²) >= 11 is 3.36. The van der Waals surface area contributed by atoms with E-state index in [1.54, 1.807) is 28.9 Å². The Balaban J connectivity index is 1.49. The van der Waals surface area contributed by atoms with Crippen LogP contribution in [-0.4, -0.2) is 10.9 Å². The summed E-state index contributed by atoms with van der Waals surface area (Å²) in [6, 6.07) is 12.2. The van der Waals surface area contributed by atoms with Gasteiger partial charge >= 0.3 is 0 Å². The summed E-state index contributed by atoms with van der Waals surface area (Å²) in [5, 5.41) is 7.35. The minimum absolute atomic E-state index is 0.0300. The summed E-state index contributed by atoms with van der Waals surface area (Å²) in [5.74, 6) is 0.531. The van der Waals surface area contributed by atoms with E-state index < -0.39 is 0 Å². The second-order valence-electron chi connectivity index (χ2n) is 5.71. The fraction of sp³-hybridized carbons (Fsp3) is 0.222. The summed E-state index contributed by atoms with van der Waals surface area (Å²) in [6.07, 6.45) is 4.55. The zero-order valence-electron chi connectivity index (χ0n) is 12.4. The summed E-state index contributed by atoms with van der Waals surface area (Å²) in [6.45, 7) is 0. The van der Waals surface area contributed by atoms with Gasteiger partial charge < -0.3 is 5.32 Å². The van der Waals surface area contributed by atoms with Gasteiger partial charge in [0, 0.05) is 28.1 Å². The average Bonchev–Trinajstić information content (AvgIpc) is 2.99. The van der Waals surface area contributed by atoms with Crippen LogP contribution in [0, 0.1) is 5.92 Å². The van der Waals surface area contributed by atoms with Crippen LogP contribution in [0.25, 0.3) is 0 Å². The van der Waals surface area contributed by atoms with Crippen LogP contribution in [0.3, 0.4) is 0 Å². The van der Waals surface area contributed by atoms with Gasteiger partial charge in [-0.1, -0.05) is 18.2 Å². The van der Waals surface area contributed by atoms with Crippen LogP contribution < -0.4 is 5.32 Å². The molecule has 0 aromatic carbocycles. The number of nitrogens with one attached hydrogen (secondary N) is 1. The smallest absolute Gasteiger partial charge is 0.224 e. The number of thiophene rings is 2. The summed E-state index contributed by atoms with van der Waals surface area (Å²) in [7, 11) is 0. The highest BCUT2D eigenvalue weighted by molar-refractivity contribution is 7.11. The number of amides is 1. The highest BCUT2D eigenvalue weighted by atomic mass is 32.1. The highest BCUT2D eigenvalue weighted by Crippen LogP contribution is 2.47. The van der Waals surface area contributed by atoms with Gasteiger partial charge in [0.05, 0.1) is 6.04 Å². The van der Waals surface area contributed by atoms with E-state index in [0.717, 1.165) is 12.0 Å². The van der Waals surface area contributed by atoms with E-state index in [0.29, 0.717) is 5.92 Å². The molecule has 3 nitrogen and oxygen atoms in total. The molecule has 5 heteroatoms. The first-order chi connectivity index (χ1) is 11.3. The van der Waals surface area contributed by atoms with Crippen molar-refractivity contribution in [3.05, 3.63) is 74.9 Å². The lowest BCUT2D eigenvalue weighted by atomic mass is 10.1. The van der Waals surface area contributed by atoms with E-state index in [2.05, 4.69) is 39.3 Å². The molecule has 1 amide bonds. The molecule has 4 rings (SSSR count). The molecule has 1 aliphatic rings. The number of carbonyl (C=O) groups is 1. The number of pyridine rings is 1. The highest BCUT2D eigenvalue weighted by Gasteiger charge is 2.44. The van der Waals surface area contributed by atoms with Crippen LogP contribution in [-0.2, 0) is 4.79 Å².